The standard InChI is InChI=1S/C17H14N2O4S/c1-22-13-9-7-12(8-10-13)19-16(17(21)23-18-19)15(20)11-24-14-5-3-2-4-6-14/h2-10H,11H2,1H3. The number of carbonyl (C=O) groups is 1. The zero-order valence-electron chi connectivity index (χ0n) is 12.8. The number of methoxy groups -OCH3 is 1. The molecule has 122 valence electrons. The Bertz CT molecular complexity index is 832. The number of carbonyl (C=O) groups excluding carboxylic acids is 1. The van der Waals surface area contributed by atoms with Gasteiger partial charge in [-0.3, -0.25) is 4.79 Å². The molecular weight excluding hydrogens is 328 g/mol. The molecule has 0 radical (unpaired) electrons. The molecule has 0 N–H and O–H groups in total. The number of nitrogens with zero attached hydrogens (tertiary/aromatic N) is 2. The fourth-order valence-electron chi connectivity index (χ4n) is 2.11. The second kappa shape index (κ2) is 7.18. The molecule has 0 aliphatic rings. The summed E-state index contributed by atoms with van der Waals surface area (Å²) in [4.78, 5) is 13.4. The van der Waals surface area contributed by atoms with E-state index >= 15 is 0 Å². The third-order valence-electron chi connectivity index (χ3n) is 3.30. The SMILES string of the molecule is COc1ccc(-[n+]2noc([O-])c2C(=O)CSc2ccccc2)cc1. The summed E-state index contributed by atoms with van der Waals surface area (Å²) in [6.45, 7) is 0. The van der Waals surface area contributed by atoms with Gasteiger partial charge in [0.2, 0.25) is 11.5 Å². The largest absolute Gasteiger partial charge is 0.539 e. The van der Waals surface area contributed by atoms with Crippen LogP contribution in [0, 0.1) is 0 Å². The van der Waals surface area contributed by atoms with Crippen LogP contribution >= 0.6 is 11.8 Å². The molecule has 0 bridgehead atoms. The first kappa shape index (κ1) is 16.1. The van der Waals surface area contributed by atoms with E-state index in [0.29, 0.717) is 11.4 Å². The maximum absolute atomic E-state index is 12.5. The molecule has 0 spiro atoms. The molecule has 7 heteroatoms. The highest BCUT2D eigenvalue weighted by Crippen LogP contribution is 2.20. The van der Waals surface area contributed by atoms with Gasteiger partial charge < -0.3 is 14.4 Å². The zero-order chi connectivity index (χ0) is 16.9. The van der Waals surface area contributed by atoms with Crippen LogP contribution in [-0.2, 0) is 0 Å². The van der Waals surface area contributed by atoms with Gasteiger partial charge in [0.1, 0.15) is 5.75 Å². The fraction of sp³-hybridized carbons (Fsp3) is 0.118. The molecule has 0 atom stereocenters. The van der Waals surface area contributed by atoms with E-state index in [2.05, 4.69) is 9.79 Å². The molecule has 0 aliphatic carbocycles. The molecule has 3 aromatic rings. The highest BCUT2D eigenvalue weighted by atomic mass is 32.2. The van der Waals surface area contributed by atoms with Gasteiger partial charge in [0.25, 0.3) is 0 Å². The van der Waals surface area contributed by atoms with Gasteiger partial charge >= 0.3 is 5.69 Å². The number of benzene rings is 2. The summed E-state index contributed by atoms with van der Waals surface area (Å²) in [5, 5.41) is 15.6. The number of Topliss-reactive ketones (excluding diaryl/α,β-unsaturated/α-hetero) is 1. The van der Waals surface area contributed by atoms with Crippen molar-refractivity contribution in [3.8, 4) is 17.4 Å². The average molecular weight is 342 g/mol. The van der Waals surface area contributed by atoms with Crippen molar-refractivity contribution in [2.24, 2.45) is 0 Å². The number of hydrogen-bond donors (Lipinski definition) is 0. The Hall–Kier alpha value is -2.80. The Morgan fingerprint density at radius 3 is 2.58 bits per heavy atom. The average Bonchev–Trinajstić information content (AvgIpc) is 3.02. The predicted molar refractivity (Wildman–Crippen MR) is 85.5 cm³/mol. The number of ether oxygens (including phenoxy) is 1. The van der Waals surface area contributed by atoms with Crippen LogP contribution in [0.15, 0.2) is 64.0 Å². The maximum atomic E-state index is 12.5. The maximum Gasteiger partial charge on any atom is 0.307 e. The summed E-state index contributed by atoms with van der Waals surface area (Å²) in [7, 11) is 1.56. The molecule has 1 heterocycles. The Morgan fingerprint density at radius 1 is 1.21 bits per heavy atom. The third-order valence-corrected chi connectivity index (χ3v) is 4.32. The van der Waals surface area contributed by atoms with E-state index in [4.69, 9.17) is 4.74 Å². The number of rotatable bonds is 6. The van der Waals surface area contributed by atoms with Crippen molar-refractivity contribution in [2.75, 3.05) is 12.9 Å². The van der Waals surface area contributed by atoms with Gasteiger partial charge in [-0.2, -0.15) is 0 Å². The lowest BCUT2D eigenvalue weighted by Gasteiger charge is -2.01. The van der Waals surface area contributed by atoms with Gasteiger partial charge in [0, 0.05) is 17.0 Å². The summed E-state index contributed by atoms with van der Waals surface area (Å²) in [6, 6.07) is 16.3. The topological polar surface area (TPSA) is 79.3 Å². The van der Waals surface area contributed by atoms with E-state index in [-0.39, 0.29) is 17.2 Å². The summed E-state index contributed by atoms with van der Waals surface area (Å²) in [5.41, 5.74) is 0.457. The molecule has 0 unspecified atom stereocenters. The van der Waals surface area contributed by atoms with Gasteiger partial charge in [-0.05, 0) is 28.9 Å². The normalized spacial score (nSPS) is 10.5. The van der Waals surface area contributed by atoms with E-state index in [1.165, 1.54) is 16.4 Å². The Labute approximate surface area is 142 Å². The third kappa shape index (κ3) is 3.41. The van der Waals surface area contributed by atoms with Crippen molar-refractivity contribution in [2.45, 2.75) is 4.90 Å². The van der Waals surface area contributed by atoms with E-state index in [0.717, 1.165) is 4.90 Å². The van der Waals surface area contributed by atoms with Crippen LogP contribution in [-0.4, -0.2) is 23.9 Å². The van der Waals surface area contributed by atoms with Gasteiger partial charge in [-0.25, -0.2) is 0 Å². The summed E-state index contributed by atoms with van der Waals surface area (Å²) >= 11 is 1.35. The number of aromatic nitrogens is 2. The molecule has 0 saturated heterocycles. The van der Waals surface area contributed by atoms with E-state index in [1.807, 2.05) is 30.3 Å². The zero-order valence-corrected chi connectivity index (χ0v) is 13.7. The monoisotopic (exact) mass is 342 g/mol. The van der Waals surface area contributed by atoms with Crippen LogP contribution in [0.4, 0.5) is 0 Å². The van der Waals surface area contributed by atoms with Crippen molar-refractivity contribution in [3.05, 3.63) is 60.3 Å². The van der Waals surface area contributed by atoms with Crippen LogP contribution in [0.3, 0.4) is 0 Å². The smallest absolute Gasteiger partial charge is 0.307 e. The van der Waals surface area contributed by atoms with Crippen LogP contribution in [0.5, 0.6) is 11.7 Å². The fourth-order valence-corrected chi connectivity index (χ4v) is 2.90. The summed E-state index contributed by atoms with van der Waals surface area (Å²) in [5.74, 6) is -0.301. The minimum Gasteiger partial charge on any atom is -0.539 e. The lowest BCUT2D eigenvalue weighted by atomic mass is 10.2. The van der Waals surface area contributed by atoms with E-state index < -0.39 is 5.95 Å². The molecule has 3 rings (SSSR count). The Morgan fingerprint density at radius 2 is 1.92 bits per heavy atom. The minimum atomic E-state index is -0.746. The first-order chi connectivity index (χ1) is 11.7. The van der Waals surface area contributed by atoms with Gasteiger partial charge in [-0.15, -0.1) is 11.8 Å². The van der Waals surface area contributed by atoms with E-state index in [9.17, 15) is 9.90 Å². The lowest BCUT2D eigenvalue weighted by molar-refractivity contribution is -0.672. The summed E-state index contributed by atoms with van der Waals surface area (Å²) in [6.07, 6.45) is 0. The highest BCUT2D eigenvalue weighted by molar-refractivity contribution is 8.00. The number of thioether (sulfide) groups is 1. The van der Waals surface area contributed by atoms with Crippen LogP contribution < -0.4 is 14.5 Å². The van der Waals surface area contributed by atoms with Gasteiger partial charge in [0.15, 0.2) is 5.95 Å². The first-order valence-corrected chi connectivity index (χ1v) is 8.12. The Balaban J connectivity index is 1.82. The van der Waals surface area contributed by atoms with Crippen LogP contribution in [0.25, 0.3) is 5.69 Å². The molecular formula is C17H14N2O4S. The first-order valence-electron chi connectivity index (χ1n) is 7.13. The molecule has 0 fully saturated rings. The van der Waals surface area contributed by atoms with Crippen LogP contribution in [0.1, 0.15) is 10.5 Å². The van der Waals surface area contributed by atoms with Crippen molar-refractivity contribution in [1.29, 1.82) is 0 Å². The second-order valence-electron chi connectivity index (χ2n) is 4.84. The lowest BCUT2D eigenvalue weighted by Crippen LogP contribution is -2.39. The van der Waals surface area contributed by atoms with Gasteiger partial charge in [-0.1, -0.05) is 18.2 Å². The molecule has 0 aliphatic heterocycles. The number of ketones is 1. The highest BCUT2D eigenvalue weighted by Gasteiger charge is 2.27. The molecule has 0 saturated carbocycles. The van der Waals surface area contributed by atoms with Crippen LogP contribution in [0.2, 0.25) is 0 Å². The van der Waals surface area contributed by atoms with Crippen molar-refractivity contribution in [1.82, 2.24) is 5.27 Å². The molecule has 6 nitrogen and oxygen atoms in total. The molecule has 0 amide bonds. The van der Waals surface area contributed by atoms with Crippen molar-refractivity contribution < 1.29 is 23.8 Å². The number of hydrogen-bond acceptors (Lipinski definition) is 6. The quantitative estimate of drug-likeness (QED) is 0.387. The summed E-state index contributed by atoms with van der Waals surface area (Å²) < 4.78 is 11.0. The molecule has 2 aromatic carbocycles. The molecule has 24 heavy (non-hydrogen) atoms. The Kier molecular flexibility index (Phi) is 4.81. The second-order valence-corrected chi connectivity index (χ2v) is 5.89. The van der Waals surface area contributed by atoms with E-state index in [1.54, 1.807) is 31.4 Å². The van der Waals surface area contributed by atoms with Crippen molar-refractivity contribution in [3.63, 3.8) is 0 Å². The van der Waals surface area contributed by atoms with Gasteiger partial charge in [0.05, 0.1) is 18.1 Å². The minimum absolute atomic E-state index is 0.0939. The predicted octanol–water partition coefficient (Wildman–Crippen LogP) is 2.01. The van der Waals surface area contributed by atoms with Crippen molar-refractivity contribution >= 4 is 17.5 Å². The molecule has 1 aromatic heterocycles.